The van der Waals surface area contributed by atoms with E-state index in [2.05, 4.69) is 52.3 Å². The Morgan fingerprint density at radius 3 is 1.91 bits per heavy atom. The molecule has 4 rings (SSSR count). The molecule has 0 fully saturated rings. The van der Waals surface area contributed by atoms with Crippen molar-refractivity contribution in [3.05, 3.63) is 103 Å². The number of guanidine groups is 1. The Balaban J connectivity index is 1.92. The van der Waals surface area contributed by atoms with Crippen LogP contribution in [0.15, 0.2) is 106 Å². The van der Waals surface area contributed by atoms with Crippen LogP contribution in [0.5, 0.6) is 0 Å². The van der Waals surface area contributed by atoms with Crippen LogP contribution in [0, 0.1) is 0 Å². The van der Waals surface area contributed by atoms with Crippen molar-refractivity contribution < 1.29 is 13.0 Å². The van der Waals surface area contributed by atoms with E-state index in [1.807, 2.05) is 36.4 Å². The van der Waals surface area contributed by atoms with E-state index in [-0.39, 0.29) is 4.90 Å². The molecule has 0 saturated heterocycles. The molecule has 33 heavy (non-hydrogen) atoms. The number of hydrogen-bond acceptors (Lipinski definition) is 2. The van der Waals surface area contributed by atoms with Crippen LogP contribution in [0.25, 0.3) is 28.1 Å². The molecule has 0 atom stereocenters. The molecule has 1 aromatic heterocycles. The highest BCUT2D eigenvalue weighted by molar-refractivity contribution is 7.90. The fourth-order valence-corrected chi connectivity index (χ4v) is 4.66. The third-order valence-corrected chi connectivity index (χ3v) is 6.62. The zero-order valence-electron chi connectivity index (χ0n) is 18.2. The van der Waals surface area contributed by atoms with Gasteiger partial charge in [-0.05, 0) is 35.4 Å². The zero-order chi connectivity index (χ0) is 23.4. The van der Waals surface area contributed by atoms with Crippen LogP contribution in [-0.4, -0.2) is 14.4 Å². The summed E-state index contributed by atoms with van der Waals surface area (Å²) in [6.07, 6.45) is 0.786. The van der Waals surface area contributed by atoms with Crippen molar-refractivity contribution in [1.82, 2.24) is 0 Å². The van der Waals surface area contributed by atoms with Crippen molar-refractivity contribution in [2.24, 2.45) is 15.9 Å². The fourth-order valence-electron chi connectivity index (χ4n) is 3.79. The second-order valence-corrected chi connectivity index (χ2v) is 9.13. The largest absolute Gasteiger partial charge is 0.369 e. The summed E-state index contributed by atoms with van der Waals surface area (Å²) < 4.78 is 30.2. The molecule has 0 saturated carbocycles. The Bertz CT molecular complexity index is 1400. The molecule has 3 aromatic carbocycles. The van der Waals surface area contributed by atoms with Gasteiger partial charge in [-0.15, -0.1) is 4.40 Å². The number of nitrogens with two attached hydrogens (primary N) is 2. The van der Waals surface area contributed by atoms with Gasteiger partial charge in [-0.1, -0.05) is 55.5 Å². The fraction of sp³-hybridized carbons (Fsp3) is 0.0769. The molecule has 1 heterocycles. The lowest BCUT2D eigenvalue weighted by Gasteiger charge is -2.12. The third kappa shape index (κ3) is 4.78. The topological polar surface area (TPSA) is 102 Å². The Hall–Kier alpha value is -3.97. The Labute approximate surface area is 193 Å². The molecule has 0 amide bonds. The van der Waals surface area contributed by atoms with Crippen LogP contribution in [0.3, 0.4) is 0 Å². The molecule has 0 aliphatic rings. The SMILES string of the molecule is CCc1cc(-c2ccccc2)cc(-c2ccccc2)[n+]1-c1ccc(S(=O)(=O)N=C(N)N)cc1. The summed E-state index contributed by atoms with van der Waals surface area (Å²) in [4.78, 5) is 0.0282. The van der Waals surface area contributed by atoms with E-state index in [0.717, 1.165) is 40.2 Å². The van der Waals surface area contributed by atoms with E-state index in [1.54, 1.807) is 12.1 Å². The molecule has 0 aliphatic heterocycles. The van der Waals surface area contributed by atoms with Crippen molar-refractivity contribution in [3.8, 4) is 28.1 Å². The molecule has 7 heteroatoms. The first-order valence-electron chi connectivity index (χ1n) is 10.5. The van der Waals surface area contributed by atoms with Crippen LogP contribution >= 0.6 is 0 Å². The highest BCUT2D eigenvalue weighted by Crippen LogP contribution is 2.27. The lowest BCUT2D eigenvalue weighted by Crippen LogP contribution is -2.38. The van der Waals surface area contributed by atoms with Gasteiger partial charge in [0.15, 0.2) is 5.69 Å². The molecule has 166 valence electrons. The number of benzene rings is 3. The quantitative estimate of drug-likeness (QED) is 0.261. The van der Waals surface area contributed by atoms with Crippen molar-refractivity contribution in [2.45, 2.75) is 18.2 Å². The summed E-state index contributed by atoms with van der Waals surface area (Å²) in [5, 5.41) is 0. The van der Waals surface area contributed by atoms with Gasteiger partial charge < -0.3 is 11.5 Å². The minimum Gasteiger partial charge on any atom is -0.369 e. The van der Waals surface area contributed by atoms with Crippen molar-refractivity contribution in [2.75, 3.05) is 0 Å². The minimum atomic E-state index is -3.95. The van der Waals surface area contributed by atoms with Gasteiger partial charge in [0.2, 0.25) is 17.3 Å². The first-order valence-corrected chi connectivity index (χ1v) is 12.0. The minimum absolute atomic E-state index is 0.0282. The third-order valence-electron chi connectivity index (χ3n) is 5.30. The van der Waals surface area contributed by atoms with E-state index in [9.17, 15) is 8.42 Å². The van der Waals surface area contributed by atoms with E-state index < -0.39 is 16.0 Å². The van der Waals surface area contributed by atoms with Crippen molar-refractivity contribution in [1.29, 1.82) is 0 Å². The van der Waals surface area contributed by atoms with E-state index in [4.69, 9.17) is 11.5 Å². The highest BCUT2D eigenvalue weighted by atomic mass is 32.2. The monoisotopic (exact) mass is 457 g/mol. The summed E-state index contributed by atoms with van der Waals surface area (Å²) in [5.74, 6) is -0.496. The number of hydrogen-bond donors (Lipinski definition) is 2. The van der Waals surface area contributed by atoms with Crippen LogP contribution in [-0.2, 0) is 16.4 Å². The Morgan fingerprint density at radius 2 is 1.36 bits per heavy atom. The van der Waals surface area contributed by atoms with E-state index >= 15 is 0 Å². The molecular formula is C26H25N4O2S+. The van der Waals surface area contributed by atoms with E-state index in [1.165, 1.54) is 12.1 Å². The summed E-state index contributed by atoms with van der Waals surface area (Å²) in [7, 11) is -3.95. The predicted molar refractivity (Wildman–Crippen MR) is 131 cm³/mol. The number of aryl methyl sites for hydroxylation is 1. The molecule has 4 aromatic rings. The molecule has 0 radical (unpaired) electrons. The van der Waals surface area contributed by atoms with Crippen LogP contribution in [0.4, 0.5) is 0 Å². The lowest BCUT2D eigenvalue weighted by molar-refractivity contribution is -0.592. The van der Waals surface area contributed by atoms with Gasteiger partial charge in [0.25, 0.3) is 10.0 Å². The van der Waals surface area contributed by atoms with Gasteiger partial charge >= 0.3 is 0 Å². The van der Waals surface area contributed by atoms with Crippen LogP contribution in [0.1, 0.15) is 12.6 Å². The Kier molecular flexibility index (Phi) is 6.24. The maximum absolute atomic E-state index is 12.3. The summed E-state index contributed by atoms with van der Waals surface area (Å²) in [6.45, 7) is 2.10. The van der Waals surface area contributed by atoms with Gasteiger partial charge in [0.05, 0.1) is 4.90 Å². The number of nitrogens with zero attached hydrogens (tertiary/aromatic N) is 2. The van der Waals surface area contributed by atoms with Gasteiger partial charge in [-0.25, -0.2) is 0 Å². The van der Waals surface area contributed by atoms with Gasteiger partial charge in [0, 0.05) is 36.2 Å². The van der Waals surface area contributed by atoms with E-state index in [0.29, 0.717) is 0 Å². The molecule has 6 nitrogen and oxygen atoms in total. The number of rotatable bonds is 6. The molecular weight excluding hydrogens is 432 g/mol. The first-order chi connectivity index (χ1) is 15.9. The standard InChI is InChI=1S/C26H25N4O2S/c1-2-22-17-21(19-9-5-3-6-10-19)18-25(20-11-7-4-8-12-20)30(22)23-13-15-24(16-14-23)33(31,32)29-26(27)28/h3-18H,2H2,1H3,(H4,27,28,29)/q+1. The first kappa shape index (κ1) is 22.2. The van der Waals surface area contributed by atoms with Gasteiger partial charge in [0.1, 0.15) is 0 Å². The van der Waals surface area contributed by atoms with Gasteiger partial charge in [-0.3, -0.25) is 0 Å². The lowest BCUT2D eigenvalue weighted by atomic mass is 10.0. The summed E-state index contributed by atoms with van der Waals surface area (Å²) in [5.41, 5.74) is 16.8. The number of aromatic nitrogens is 1. The number of pyridine rings is 1. The molecule has 0 unspecified atom stereocenters. The van der Waals surface area contributed by atoms with Crippen molar-refractivity contribution in [3.63, 3.8) is 0 Å². The second kappa shape index (κ2) is 9.26. The maximum atomic E-state index is 12.3. The number of sulfonamides is 1. The second-order valence-electron chi connectivity index (χ2n) is 7.53. The smallest absolute Gasteiger partial charge is 0.285 e. The molecule has 4 N–H and O–H groups in total. The average Bonchev–Trinajstić information content (AvgIpc) is 2.83. The summed E-state index contributed by atoms with van der Waals surface area (Å²) in [6, 6.07) is 31.3. The summed E-state index contributed by atoms with van der Waals surface area (Å²) >= 11 is 0. The zero-order valence-corrected chi connectivity index (χ0v) is 19.0. The normalized spacial score (nSPS) is 11.2. The van der Waals surface area contributed by atoms with Crippen LogP contribution in [0.2, 0.25) is 0 Å². The molecule has 0 spiro atoms. The molecule has 0 aliphatic carbocycles. The van der Waals surface area contributed by atoms with Crippen molar-refractivity contribution >= 4 is 16.0 Å². The van der Waals surface area contributed by atoms with Crippen LogP contribution < -0.4 is 16.0 Å². The maximum Gasteiger partial charge on any atom is 0.285 e. The average molecular weight is 458 g/mol. The molecule has 0 bridgehead atoms. The van der Waals surface area contributed by atoms with Gasteiger partial charge in [-0.2, -0.15) is 13.0 Å². The Morgan fingerprint density at radius 1 is 0.788 bits per heavy atom. The predicted octanol–water partition coefficient (Wildman–Crippen LogP) is 3.82. The highest BCUT2D eigenvalue weighted by Gasteiger charge is 2.23.